The zero-order chi connectivity index (χ0) is 73.9. The van der Waals surface area contributed by atoms with Crippen LogP contribution in [0.2, 0.25) is 0 Å². The number of halogens is 6. The summed E-state index contributed by atoms with van der Waals surface area (Å²) in [5.41, 5.74) is 40.5. The van der Waals surface area contributed by atoms with E-state index >= 15 is 0 Å². The summed E-state index contributed by atoms with van der Waals surface area (Å²) in [7, 11) is -10.7. The van der Waals surface area contributed by atoms with Gasteiger partial charge in [0.25, 0.3) is 5.09 Å². The van der Waals surface area contributed by atoms with Crippen LogP contribution in [0, 0.1) is 186 Å². The van der Waals surface area contributed by atoms with Gasteiger partial charge in [-0.05, 0) is 66.5 Å². The first kappa shape index (κ1) is 124. The van der Waals surface area contributed by atoms with Gasteiger partial charge in [0.2, 0.25) is 0 Å². The Bertz CT molecular complexity index is 3040. The van der Waals surface area contributed by atoms with Gasteiger partial charge in [0.1, 0.15) is 0 Å². The van der Waals surface area contributed by atoms with E-state index < -0.39 is 12.9 Å². The summed E-state index contributed by atoms with van der Waals surface area (Å²) in [6.45, 7) is 70.4. The van der Waals surface area contributed by atoms with Crippen molar-refractivity contribution in [1.82, 2.24) is 0 Å². The number of rotatable bonds is 0. The monoisotopic (exact) mass is 1550 g/mol. The van der Waals surface area contributed by atoms with Gasteiger partial charge in [-0.3, -0.25) is 0 Å². The van der Waals surface area contributed by atoms with E-state index in [1.165, 1.54) is 33.4 Å². The van der Waals surface area contributed by atoms with Gasteiger partial charge in [-0.25, -0.2) is 67.9 Å². The van der Waals surface area contributed by atoms with E-state index in [1.54, 1.807) is 0 Å². The molecule has 1 N–H and O–H groups in total. The van der Waals surface area contributed by atoms with Gasteiger partial charge in [-0.1, -0.05) is 134 Å². The molecule has 0 aliphatic heterocycles. The third-order valence-electron chi connectivity index (χ3n) is 8.93. The summed E-state index contributed by atoms with van der Waals surface area (Å²) in [4.78, 5) is 50.8. The van der Waals surface area contributed by atoms with Gasteiger partial charge in [-0.2, -0.15) is 70.8 Å². The standard InChI is InChI=1S/4C9H9N.4C6H7.4CN.F6P.5Mn.HNO3.4NO/c2*1-7-4-8(2)6-9(5-7)10-3;2*1-7-4-5-9(10-3)8(2)6-7;4*1-6-4-2-3-5-6;4*1-2;1-7(2,3,4,5)6;;;;;;2-1(3)4;4*1-2/h4*4-6H,1-2H3;4*2-5H,1H3;;;;;;;;;;;(H,2,3,4);;;;/q;;;;9*-1;;4*+2;;4*-1. The predicted octanol–water partition coefficient (Wildman–Crippen LogP) is 23.0. The van der Waals surface area contributed by atoms with Crippen LogP contribution in [0.3, 0.4) is 0 Å². The first-order valence-corrected chi connectivity index (χ1v) is 26.3. The Kier molecular flexibility index (Phi) is 100. The second-order valence-electron chi connectivity index (χ2n) is 16.8. The summed E-state index contributed by atoms with van der Waals surface area (Å²) in [5.74, 6) is 0. The van der Waals surface area contributed by atoms with Crippen LogP contribution in [0.5, 0.6) is 0 Å². The van der Waals surface area contributed by atoms with E-state index in [4.69, 9.17) is 131 Å². The first-order chi connectivity index (χ1) is 42.7. The zero-order valence-corrected chi connectivity index (χ0v) is 60.3. The minimum absolute atomic E-state index is 0. The van der Waals surface area contributed by atoms with Gasteiger partial charge in [0.05, 0.1) is 26.3 Å². The Morgan fingerprint density at radius 3 is 0.667 bits per heavy atom. The van der Waals surface area contributed by atoms with Crippen LogP contribution in [-0.2, 0) is 85.3 Å². The zero-order valence-electron chi connectivity index (χ0n) is 53.5. The van der Waals surface area contributed by atoms with E-state index in [0.29, 0.717) is 0 Å². The SMILES string of the molecule is Cc1ccc[cH-]1.Cc1ccc[cH-]1.Cc1ccc[cH-]1.Cc1ccc[cH-]1.F[P-](F)(F)(F)(F)F.O=[N+]([O-])O.[C-]#N.[C-]#N.[C-]#N.[C-]#N.[C-]#[N+]c1cc(C)cc(C)c1.[C-]#[N+]c1cc(C)cc(C)c1.[C-]#[N+]c1ccc(C)cc1C.[C-]#[N+]c1ccc(C)cc1C.[Mn+2].[Mn+2].[Mn+2].[Mn+2].[Mn].[N-]=O.[N-]=O.[N-]=O.[N-]=O. The summed E-state index contributed by atoms with van der Waals surface area (Å²) in [5, 5.41) is 38.6. The van der Waals surface area contributed by atoms with Crippen molar-refractivity contribution < 1.29 is 121 Å². The quantitative estimate of drug-likeness (QED) is 0.0371. The molecule has 0 atom stereocenters. The molecule has 20 nitrogen and oxygen atoms in total. The van der Waals surface area contributed by atoms with Crippen molar-refractivity contribution in [3.63, 3.8) is 0 Å². The van der Waals surface area contributed by atoms with Crippen molar-refractivity contribution in [1.29, 1.82) is 21.0 Å². The van der Waals surface area contributed by atoms with Crippen LogP contribution in [0.25, 0.3) is 41.8 Å². The number of aryl methyl sites for hydroxylation is 12. The fourth-order valence-electron chi connectivity index (χ4n) is 5.77. The van der Waals surface area contributed by atoms with E-state index in [-0.39, 0.29) is 85.3 Å². The second kappa shape index (κ2) is 77.9. The molecule has 0 saturated heterocycles. The van der Waals surface area contributed by atoms with E-state index in [2.05, 4.69) is 108 Å². The van der Waals surface area contributed by atoms with Crippen LogP contribution >= 0.6 is 7.81 Å². The number of nitrogens with zero attached hydrogens (tertiary/aromatic N) is 13. The Morgan fingerprint density at radius 2 is 0.562 bits per heavy atom. The maximum atomic E-state index is 9.87. The summed E-state index contributed by atoms with van der Waals surface area (Å²) >= 11 is 0. The van der Waals surface area contributed by atoms with Gasteiger partial charge >= 0.3 is 101 Å². The summed E-state index contributed by atoms with van der Waals surface area (Å²) in [6, 6.07) is 56.3. The molecule has 0 aliphatic rings. The average molecular weight is 1550 g/mol. The fourth-order valence-corrected chi connectivity index (χ4v) is 5.77. The third-order valence-corrected chi connectivity index (χ3v) is 8.93. The van der Waals surface area contributed by atoms with Crippen molar-refractivity contribution in [2.45, 2.75) is 83.1 Å². The Hall–Kier alpha value is -9.59. The van der Waals surface area contributed by atoms with Crippen LogP contribution < -0.4 is 0 Å². The molecule has 8 rings (SSSR count). The molecule has 0 amide bonds. The molecule has 5 radical (unpaired) electrons. The molecule has 32 heteroatoms. The number of hydrogen-bond acceptors (Lipinski definition) is 10. The van der Waals surface area contributed by atoms with Crippen molar-refractivity contribution in [3.05, 3.63) is 361 Å². The third kappa shape index (κ3) is 101. The molecule has 0 unspecified atom stereocenters. The summed E-state index contributed by atoms with van der Waals surface area (Å²) < 4.78 is 59.2. The van der Waals surface area contributed by atoms with E-state index in [0.717, 1.165) is 56.1 Å². The van der Waals surface area contributed by atoms with Crippen molar-refractivity contribution in [3.8, 4) is 0 Å². The molecule has 0 aliphatic carbocycles. The Labute approximate surface area is 611 Å². The molecule has 0 bridgehead atoms. The minimum atomic E-state index is -10.7. The fraction of sp³-hybridized carbons (Fsp3) is 0.188. The molecule has 0 fully saturated rings. The van der Waals surface area contributed by atoms with E-state index in [9.17, 15) is 25.2 Å². The predicted molar refractivity (Wildman–Crippen MR) is 345 cm³/mol. The first-order valence-electron chi connectivity index (χ1n) is 24.2. The molecule has 8 aromatic rings. The number of benzene rings is 4. The number of nitroso groups, excluding NO2 is 4. The second-order valence-corrected chi connectivity index (χ2v) is 18.7. The normalized spacial score (nSPS) is 8.10. The summed E-state index contributed by atoms with van der Waals surface area (Å²) in [6.07, 6.45) is 0. The van der Waals surface area contributed by atoms with Gasteiger partial charge in [-0.15, -0.1) is 10.1 Å². The largest absolute Gasteiger partial charge is 2.00 e. The minimum Gasteiger partial charge on any atom is -0.577 e. The molecule has 0 saturated carbocycles. The molecule has 515 valence electrons. The smallest absolute Gasteiger partial charge is 0.577 e. The van der Waals surface area contributed by atoms with Crippen molar-refractivity contribution >= 4 is 30.6 Å². The van der Waals surface area contributed by atoms with Gasteiger partial charge in [0, 0.05) is 17.1 Å². The molecular weight excluding hydrogens is 1480 g/mol. The van der Waals surface area contributed by atoms with Crippen molar-refractivity contribution in [2.24, 2.45) is 0 Å². The maximum Gasteiger partial charge on any atom is 2.00 e. The van der Waals surface area contributed by atoms with E-state index in [1.807, 2.05) is 165 Å². The Balaban J connectivity index is -0.0000000571. The molecular formula is C64H65F6Mn5N13O7P-5. The van der Waals surface area contributed by atoms with Crippen LogP contribution in [0.1, 0.15) is 66.8 Å². The average Bonchev–Trinajstić information content (AvgIpc) is 1.31. The molecule has 0 heterocycles. The molecule has 96 heavy (non-hydrogen) atoms. The van der Waals surface area contributed by atoms with Gasteiger partial charge < -0.3 is 94.5 Å². The van der Waals surface area contributed by atoms with Crippen LogP contribution in [-0.4, -0.2) is 10.3 Å². The van der Waals surface area contributed by atoms with Crippen LogP contribution in [0.15, 0.2) is 170 Å². The van der Waals surface area contributed by atoms with Crippen molar-refractivity contribution in [2.75, 3.05) is 0 Å². The maximum absolute atomic E-state index is 10.7. The number of hydrogen-bond donors (Lipinski definition) is 1. The Morgan fingerprint density at radius 1 is 0.385 bits per heavy atom. The van der Waals surface area contributed by atoms with Gasteiger partial charge in [0.15, 0.2) is 22.7 Å². The van der Waals surface area contributed by atoms with Crippen LogP contribution in [0.4, 0.5) is 47.9 Å². The molecule has 0 aromatic heterocycles. The molecule has 0 spiro atoms. The molecule has 8 aromatic carbocycles. The topological polar surface area (TPSA) is 333 Å².